The number of phenolic OH excluding ortho intramolecular Hbond substituents is 1. The maximum Gasteiger partial charge on any atom is 0.184 e. The van der Waals surface area contributed by atoms with Gasteiger partial charge in [0, 0.05) is 5.56 Å². The van der Waals surface area contributed by atoms with Crippen molar-refractivity contribution >= 4 is 23.0 Å². The maximum absolute atomic E-state index is 9.60. The minimum absolute atomic E-state index is 0.0986. The highest BCUT2D eigenvalue weighted by atomic mass is 32.1. The van der Waals surface area contributed by atoms with Gasteiger partial charge in [0.15, 0.2) is 5.11 Å². The van der Waals surface area contributed by atoms with Crippen LogP contribution in [0.1, 0.15) is 18.1 Å². The number of rotatable bonds is 2. The Bertz CT molecular complexity index is 415. The van der Waals surface area contributed by atoms with Gasteiger partial charge in [-0.25, -0.2) is 0 Å². The highest BCUT2D eigenvalue weighted by molar-refractivity contribution is 7.80. The Labute approximate surface area is 93.8 Å². The van der Waals surface area contributed by atoms with Crippen molar-refractivity contribution in [2.24, 2.45) is 10.8 Å². The van der Waals surface area contributed by atoms with Crippen LogP contribution in [0.15, 0.2) is 23.3 Å². The van der Waals surface area contributed by atoms with Gasteiger partial charge < -0.3 is 10.8 Å². The van der Waals surface area contributed by atoms with Gasteiger partial charge in [-0.2, -0.15) is 5.10 Å². The molecular formula is C10H13N3OS. The van der Waals surface area contributed by atoms with Crippen molar-refractivity contribution in [3.63, 3.8) is 0 Å². The monoisotopic (exact) mass is 223 g/mol. The summed E-state index contributed by atoms with van der Waals surface area (Å²) in [6.07, 6.45) is 0. The Balaban J connectivity index is 2.99. The number of aromatic hydroxyl groups is 1. The van der Waals surface area contributed by atoms with E-state index >= 15 is 0 Å². The zero-order valence-electron chi connectivity index (χ0n) is 8.61. The molecule has 15 heavy (non-hydrogen) atoms. The lowest BCUT2D eigenvalue weighted by molar-refractivity contribution is 0.474. The zero-order chi connectivity index (χ0) is 11.4. The summed E-state index contributed by atoms with van der Waals surface area (Å²) in [7, 11) is 0. The molecule has 0 bridgehead atoms. The highest BCUT2D eigenvalue weighted by Crippen LogP contribution is 2.18. The third-order valence-electron chi connectivity index (χ3n) is 1.88. The number of thiocarbonyl (C=S) groups is 1. The van der Waals surface area contributed by atoms with E-state index in [4.69, 9.17) is 5.73 Å². The first-order valence-electron chi connectivity index (χ1n) is 4.40. The van der Waals surface area contributed by atoms with Crippen LogP contribution in [0.3, 0.4) is 0 Å². The van der Waals surface area contributed by atoms with Crippen LogP contribution in [0.25, 0.3) is 0 Å². The van der Waals surface area contributed by atoms with E-state index in [-0.39, 0.29) is 10.9 Å². The molecule has 0 spiro atoms. The molecule has 1 rings (SSSR count). The largest absolute Gasteiger partial charge is 0.507 e. The van der Waals surface area contributed by atoms with Gasteiger partial charge >= 0.3 is 0 Å². The number of nitrogens with two attached hydrogens (primary N) is 1. The molecule has 0 unspecified atom stereocenters. The molecule has 1 aromatic rings. The second kappa shape index (κ2) is 4.75. The molecule has 1 aromatic carbocycles. The summed E-state index contributed by atoms with van der Waals surface area (Å²) in [4.78, 5) is 0. The van der Waals surface area contributed by atoms with E-state index in [0.717, 1.165) is 5.56 Å². The molecule has 0 atom stereocenters. The van der Waals surface area contributed by atoms with Crippen LogP contribution in [0, 0.1) is 6.92 Å². The van der Waals surface area contributed by atoms with E-state index in [9.17, 15) is 5.11 Å². The number of nitrogens with one attached hydrogen (secondary N) is 1. The molecule has 4 N–H and O–H groups in total. The molecule has 80 valence electrons. The first-order valence-corrected chi connectivity index (χ1v) is 4.81. The van der Waals surface area contributed by atoms with Gasteiger partial charge in [0.2, 0.25) is 0 Å². The molecule has 0 saturated heterocycles. The number of hydrogen-bond acceptors (Lipinski definition) is 3. The van der Waals surface area contributed by atoms with Crippen molar-refractivity contribution < 1.29 is 5.11 Å². The topological polar surface area (TPSA) is 70.6 Å². The molecule has 0 aliphatic heterocycles. The van der Waals surface area contributed by atoms with Crippen LogP contribution in [0.5, 0.6) is 5.75 Å². The molecule has 0 amide bonds. The van der Waals surface area contributed by atoms with Gasteiger partial charge in [-0.05, 0) is 38.2 Å². The molecule has 0 aliphatic carbocycles. The van der Waals surface area contributed by atoms with E-state index in [0.29, 0.717) is 11.3 Å². The third kappa shape index (κ3) is 3.21. The minimum atomic E-state index is 0.0986. The van der Waals surface area contributed by atoms with Crippen molar-refractivity contribution in [1.82, 2.24) is 5.43 Å². The molecule has 0 heterocycles. The van der Waals surface area contributed by atoms with Crippen LogP contribution >= 0.6 is 12.2 Å². The maximum atomic E-state index is 9.60. The zero-order valence-corrected chi connectivity index (χ0v) is 9.43. The molecule has 0 saturated carbocycles. The number of hydrogen-bond donors (Lipinski definition) is 3. The fourth-order valence-corrected chi connectivity index (χ4v) is 1.18. The van der Waals surface area contributed by atoms with E-state index in [1.807, 2.05) is 19.1 Å². The van der Waals surface area contributed by atoms with E-state index in [2.05, 4.69) is 22.7 Å². The smallest absolute Gasteiger partial charge is 0.184 e. The normalized spacial score (nSPS) is 11.2. The molecule has 0 radical (unpaired) electrons. The number of phenols is 1. The molecule has 0 fully saturated rings. The Morgan fingerprint density at radius 2 is 2.20 bits per heavy atom. The quantitative estimate of drug-likeness (QED) is 0.401. The number of nitrogens with zero attached hydrogens (tertiary/aromatic N) is 1. The van der Waals surface area contributed by atoms with Crippen LogP contribution in [0.2, 0.25) is 0 Å². The van der Waals surface area contributed by atoms with Crippen molar-refractivity contribution in [1.29, 1.82) is 0 Å². The Hall–Kier alpha value is -1.62. The van der Waals surface area contributed by atoms with Crippen LogP contribution in [0.4, 0.5) is 0 Å². The summed E-state index contributed by atoms with van der Waals surface area (Å²) < 4.78 is 0. The van der Waals surface area contributed by atoms with Crippen LogP contribution in [-0.4, -0.2) is 15.9 Å². The van der Waals surface area contributed by atoms with Gasteiger partial charge in [-0.1, -0.05) is 11.6 Å². The van der Waals surface area contributed by atoms with E-state index in [1.54, 1.807) is 13.0 Å². The van der Waals surface area contributed by atoms with Crippen molar-refractivity contribution in [2.75, 3.05) is 0 Å². The summed E-state index contributed by atoms with van der Waals surface area (Å²) in [5.41, 5.74) is 10.1. The fraction of sp³-hybridized carbons (Fsp3) is 0.200. The predicted molar refractivity (Wildman–Crippen MR) is 65.0 cm³/mol. The first kappa shape index (κ1) is 11.5. The Kier molecular flexibility index (Phi) is 3.62. The molecule has 4 nitrogen and oxygen atoms in total. The molecule has 5 heteroatoms. The predicted octanol–water partition coefficient (Wildman–Crippen LogP) is 1.26. The van der Waals surface area contributed by atoms with Crippen molar-refractivity contribution in [2.45, 2.75) is 13.8 Å². The second-order valence-corrected chi connectivity index (χ2v) is 3.63. The molecule has 0 aromatic heterocycles. The average Bonchev–Trinajstić information content (AvgIpc) is 2.18. The van der Waals surface area contributed by atoms with E-state index < -0.39 is 0 Å². The first-order chi connectivity index (χ1) is 7.00. The minimum Gasteiger partial charge on any atom is -0.507 e. The standard InChI is InChI=1S/C10H13N3OS/c1-6-3-4-9(14)8(5-6)7(2)12-13-10(11)15/h3-5,14H,1-2H3,(H3,11,13,15). The number of aryl methyl sites for hydroxylation is 1. The second-order valence-electron chi connectivity index (χ2n) is 3.19. The van der Waals surface area contributed by atoms with E-state index in [1.165, 1.54) is 0 Å². The molecular weight excluding hydrogens is 210 g/mol. The summed E-state index contributed by atoms with van der Waals surface area (Å²) in [6.45, 7) is 3.71. The van der Waals surface area contributed by atoms with Crippen LogP contribution in [-0.2, 0) is 0 Å². The lowest BCUT2D eigenvalue weighted by atomic mass is 10.1. The number of benzene rings is 1. The summed E-state index contributed by atoms with van der Waals surface area (Å²) in [6, 6.07) is 5.30. The van der Waals surface area contributed by atoms with Gasteiger partial charge in [-0.3, -0.25) is 5.43 Å². The summed E-state index contributed by atoms with van der Waals surface area (Å²) in [5, 5.41) is 13.6. The number of hydrazone groups is 1. The van der Waals surface area contributed by atoms with Crippen molar-refractivity contribution in [3.05, 3.63) is 29.3 Å². The van der Waals surface area contributed by atoms with Crippen LogP contribution < -0.4 is 11.2 Å². The third-order valence-corrected chi connectivity index (χ3v) is 1.97. The van der Waals surface area contributed by atoms with Gasteiger partial charge in [0.1, 0.15) is 5.75 Å². The van der Waals surface area contributed by atoms with Gasteiger partial charge in [0.25, 0.3) is 0 Å². The Morgan fingerprint density at radius 1 is 1.53 bits per heavy atom. The highest BCUT2D eigenvalue weighted by Gasteiger charge is 2.04. The van der Waals surface area contributed by atoms with Crippen molar-refractivity contribution in [3.8, 4) is 5.75 Å². The average molecular weight is 223 g/mol. The molecule has 0 aliphatic rings. The Morgan fingerprint density at radius 3 is 2.80 bits per heavy atom. The fourth-order valence-electron chi connectivity index (χ4n) is 1.14. The summed E-state index contributed by atoms with van der Waals surface area (Å²) >= 11 is 4.62. The van der Waals surface area contributed by atoms with Gasteiger partial charge in [0.05, 0.1) is 5.71 Å². The lowest BCUT2D eigenvalue weighted by Crippen LogP contribution is -2.25. The van der Waals surface area contributed by atoms with Gasteiger partial charge in [-0.15, -0.1) is 0 Å². The SMILES string of the molecule is CC(=NNC(N)=S)c1cc(C)ccc1O. The lowest BCUT2D eigenvalue weighted by Gasteiger charge is -2.05. The summed E-state index contributed by atoms with van der Waals surface area (Å²) in [5.74, 6) is 0.187.